The Bertz CT molecular complexity index is 147. The van der Waals surface area contributed by atoms with Gasteiger partial charge in [0, 0.05) is 6.54 Å². The Morgan fingerprint density at radius 1 is 1.38 bits per heavy atom. The summed E-state index contributed by atoms with van der Waals surface area (Å²) in [5, 5.41) is 12.0. The average molecular weight is 182 g/mol. The van der Waals surface area contributed by atoms with Crippen LogP contribution in [0.3, 0.4) is 0 Å². The second kappa shape index (κ2) is 8.07. The van der Waals surface area contributed by atoms with Crippen LogP contribution >= 0.6 is 0 Å². The van der Waals surface area contributed by atoms with E-state index in [1.807, 2.05) is 0 Å². The first-order chi connectivity index (χ1) is 6.20. The predicted octanol–water partition coefficient (Wildman–Crippen LogP) is 2.56. The van der Waals surface area contributed by atoms with E-state index in [0.717, 1.165) is 25.4 Å². The maximum absolute atomic E-state index is 8.68. The molecule has 0 fully saturated rings. The van der Waals surface area contributed by atoms with Crippen LogP contribution in [-0.2, 0) is 0 Å². The van der Waals surface area contributed by atoms with E-state index in [9.17, 15) is 0 Å². The maximum Gasteiger partial charge on any atom is 0.0669 e. The highest BCUT2D eigenvalue weighted by atomic mass is 14.8. The van der Waals surface area contributed by atoms with Crippen molar-refractivity contribution >= 4 is 0 Å². The lowest BCUT2D eigenvalue weighted by Gasteiger charge is -2.08. The molecule has 0 aliphatic heterocycles. The van der Waals surface area contributed by atoms with Gasteiger partial charge >= 0.3 is 0 Å². The lowest BCUT2D eigenvalue weighted by atomic mass is 10.1. The SMILES string of the molecule is CCC(C#N)CNCCCC(C)C. The normalized spacial score (nSPS) is 12.8. The lowest BCUT2D eigenvalue weighted by molar-refractivity contribution is 0.500. The molecule has 0 amide bonds. The van der Waals surface area contributed by atoms with Crippen LogP contribution < -0.4 is 5.32 Å². The fraction of sp³-hybridized carbons (Fsp3) is 0.909. The summed E-state index contributed by atoms with van der Waals surface area (Å²) in [4.78, 5) is 0. The Morgan fingerprint density at radius 3 is 2.54 bits per heavy atom. The Balaban J connectivity index is 3.21. The molecule has 0 bridgehead atoms. The second-order valence-corrected chi connectivity index (χ2v) is 3.97. The van der Waals surface area contributed by atoms with Crippen LogP contribution in [-0.4, -0.2) is 13.1 Å². The van der Waals surface area contributed by atoms with Crippen LogP contribution in [0.15, 0.2) is 0 Å². The third-order valence-corrected chi connectivity index (χ3v) is 2.20. The minimum atomic E-state index is 0.194. The first-order valence-corrected chi connectivity index (χ1v) is 5.31. The number of nitriles is 1. The van der Waals surface area contributed by atoms with Crippen LogP contribution in [0.1, 0.15) is 40.0 Å². The van der Waals surface area contributed by atoms with E-state index in [-0.39, 0.29) is 5.92 Å². The highest BCUT2D eigenvalue weighted by Gasteiger charge is 2.02. The Labute approximate surface area is 82.3 Å². The topological polar surface area (TPSA) is 35.8 Å². The van der Waals surface area contributed by atoms with E-state index < -0.39 is 0 Å². The van der Waals surface area contributed by atoms with Gasteiger partial charge in [0.1, 0.15) is 0 Å². The van der Waals surface area contributed by atoms with E-state index >= 15 is 0 Å². The predicted molar refractivity (Wildman–Crippen MR) is 56.3 cm³/mol. The number of nitrogens with one attached hydrogen (secondary N) is 1. The van der Waals surface area contributed by atoms with E-state index in [2.05, 4.69) is 32.2 Å². The molecule has 0 saturated heterocycles. The minimum absolute atomic E-state index is 0.194. The molecule has 0 heterocycles. The zero-order chi connectivity index (χ0) is 10.1. The Kier molecular flexibility index (Phi) is 7.73. The van der Waals surface area contributed by atoms with Crippen molar-refractivity contribution in [3.05, 3.63) is 0 Å². The zero-order valence-corrected chi connectivity index (χ0v) is 9.14. The van der Waals surface area contributed by atoms with Gasteiger partial charge in [-0.2, -0.15) is 5.26 Å². The smallest absolute Gasteiger partial charge is 0.0669 e. The molecule has 2 nitrogen and oxygen atoms in total. The third-order valence-electron chi connectivity index (χ3n) is 2.20. The molecule has 2 heteroatoms. The van der Waals surface area contributed by atoms with Crippen molar-refractivity contribution < 1.29 is 0 Å². The monoisotopic (exact) mass is 182 g/mol. The number of hydrogen-bond acceptors (Lipinski definition) is 2. The molecule has 0 aliphatic rings. The number of hydrogen-bond donors (Lipinski definition) is 1. The summed E-state index contributed by atoms with van der Waals surface area (Å²) in [5.41, 5.74) is 0. The molecule has 0 aromatic heterocycles. The van der Waals surface area contributed by atoms with Gasteiger partial charge in [-0.3, -0.25) is 0 Å². The highest BCUT2D eigenvalue weighted by molar-refractivity contribution is 4.82. The van der Waals surface area contributed by atoms with Gasteiger partial charge in [0.25, 0.3) is 0 Å². The van der Waals surface area contributed by atoms with Crippen molar-refractivity contribution in [2.24, 2.45) is 11.8 Å². The minimum Gasteiger partial charge on any atom is -0.315 e. The number of nitrogens with zero attached hydrogens (tertiary/aromatic N) is 1. The molecule has 1 N–H and O–H groups in total. The van der Waals surface area contributed by atoms with Crippen molar-refractivity contribution in [2.75, 3.05) is 13.1 Å². The molecule has 0 aromatic rings. The van der Waals surface area contributed by atoms with E-state index in [1.165, 1.54) is 12.8 Å². The molecule has 0 radical (unpaired) electrons. The van der Waals surface area contributed by atoms with Gasteiger partial charge in [-0.1, -0.05) is 20.8 Å². The van der Waals surface area contributed by atoms with Crippen LogP contribution in [0.4, 0.5) is 0 Å². The molecule has 0 aliphatic carbocycles. The zero-order valence-electron chi connectivity index (χ0n) is 9.14. The maximum atomic E-state index is 8.68. The summed E-state index contributed by atoms with van der Waals surface area (Å²) in [6.07, 6.45) is 3.45. The fourth-order valence-corrected chi connectivity index (χ4v) is 1.19. The van der Waals surface area contributed by atoms with Gasteiger partial charge < -0.3 is 5.32 Å². The molecule has 1 unspecified atom stereocenters. The van der Waals surface area contributed by atoms with Crippen LogP contribution in [0, 0.1) is 23.2 Å². The molecule has 1 atom stereocenters. The van der Waals surface area contributed by atoms with Gasteiger partial charge in [-0.05, 0) is 31.7 Å². The summed E-state index contributed by atoms with van der Waals surface area (Å²) >= 11 is 0. The van der Waals surface area contributed by atoms with E-state index in [1.54, 1.807) is 0 Å². The van der Waals surface area contributed by atoms with Crippen LogP contribution in [0.5, 0.6) is 0 Å². The quantitative estimate of drug-likeness (QED) is 0.614. The lowest BCUT2D eigenvalue weighted by Crippen LogP contribution is -2.22. The molecular formula is C11H22N2. The standard InChI is InChI=1S/C11H22N2/c1-4-11(8-12)9-13-7-5-6-10(2)3/h10-11,13H,4-7,9H2,1-3H3. The number of rotatable bonds is 7. The molecule has 0 saturated carbocycles. The first-order valence-electron chi connectivity index (χ1n) is 5.31. The molecule has 13 heavy (non-hydrogen) atoms. The Hall–Kier alpha value is -0.550. The van der Waals surface area contributed by atoms with Crippen molar-refractivity contribution in [1.82, 2.24) is 5.32 Å². The summed E-state index contributed by atoms with van der Waals surface area (Å²) in [5.74, 6) is 0.985. The second-order valence-electron chi connectivity index (χ2n) is 3.97. The van der Waals surface area contributed by atoms with Gasteiger partial charge in [0.15, 0.2) is 0 Å². The molecule has 0 rings (SSSR count). The molecule has 76 valence electrons. The summed E-state index contributed by atoms with van der Waals surface area (Å²) < 4.78 is 0. The van der Waals surface area contributed by atoms with Crippen molar-refractivity contribution in [1.29, 1.82) is 5.26 Å². The van der Waals surface area contributed by atoms with Gasteiger partial charge in [0.05, 0.1) is 12.0 Å². The van der Waals surface area contributed by atoms with E-state index in [0.29, 0.717) is 0 Å². The largest absolute Gasteiger partial charge is 0.315 e. The Morgan fingerprint density at radius 2 is 2.08 bits per heavy atom. The van der Waals surface area contributed by atoms with Crippen molar-refractivity contribution in [2.45, 2.75) is 40.0 Å². The molecular weight excluding hydrogens is 160 g/mol. The van der Waals surface area contributed by atoms with Gasteiger partial charge in [0.2, 0.25) is 0 Å². The van der Waals surface area contributed by atoms with Crippen LogP contribution in [0.25, 0.3) is 0 Å². The van der Waals surface area contributed by atoms with Crippen LogP contribution in [0.2, 0.25) is 0 Å². The highest BCUT2D eigenvalue weighted by Crippen LogP contribution is 2.02. The third kappa shape index (κ3) is 7.80. The van der Waals surface area contributed by atoms with Gasteiger partial charge in [-0.25, -0.2) is 0 Å². The molecule has 0 spiro atoms. The summed E-state index contributed by atoms with van der Waals surface area (Å²) in [6, 6.07) is 2.29. The van der Waals surface area contributed by atoms with Crippen molar-refractivity contribution in [3.8, 4) is 6.07 Å². The molecule has 0 aromatic carbocycles. The van der Waals surface area contributed by atoms with Gasteiger partial charge in [-0.15, -0.1) is 0 Å². The fourth-order valence-electron chi connectivity index (χ4n) is 1.19. The summed E-state index contributed by atoms with van der Waals surface area (Å²) in [6.45, 7) is 8.44. The van der Waals surface area contributed by atoms with E-state index in [4.69, 9.17) is 5.26 Å². The summed E-state index contributed by atoms with van der Waals surface area (Å²) in [7, 11) is 0. The average Bonchev–Trinajstić information content (AvgIpc) is 2.11. The van der Waals surface area contributed by atoms with Crippen molar-refractivity contribution in [3.63, 3.8) is 0 Å². The first kappa shape index (κ1) is 12.4.